The molecule has 0 saturated carbocycles. The summed E-state index contributed by atoms with van der Waals surface area (Å²) in [5.74, 6) is -1.59. The quantitative estimate of drug-likeness (QED) is 0.715. The van der Waals surface area contributed by atoms with E-state index in [9.17, 15) is 19.8 Å². The number of carbonyl (C=O) groups is 2. The number of ether oxygens (including phenoxy) is 3. The van der Waals surface area contributed by atoms with Crippen LogP contribution in [0.1, 0.15) is 47.3 Å². The first kappa shape index (κ1) is 21.3. The molecule has 30 heavy (non-hydrogen) atoms. The Bertz CT molecular complexity index is 972. The molecule has 0 aliphatic carbocycles. The molecule has 0 unspecified atom stereocenters. The van der Waals surface area contributed by atoms with E-state index in [0.717, 1.165) is 0 Å². The van der Waals surface area contributed by atoms with Crippen molar-refractivity contribution in [3.8, 4) is 23.0 Å². The Morgan fingerprint density at radius 2 is 1.70 bits per heavy atom. The number of hydrogen-bond donors (Lipinski definition) is 2. The van der Waals surface area contributed by atoms with Gasteiger partial charge in [0.25, 0.3) is 5.91 Å². The van der Waals surface area contributed by atoms with E-state index in [1.54, 1.807) is 31.3 Å². The first-order valence-corrected chi connectivity index (χ1v) is 9.64. The Kier molecular flexibility index (Phi) is 6.05. The van der Waals surface area contributed by atoms with Gasteiger partial charge in [-0.2, -0.15) is 0 Å². The van der Waals surface area contributed by atoms with Crippen LogP contribution in [-0.2, 0) is 4.79 Å². The maximum Gasteiger partial charge on any atom is 0.313 e. The number of carboxylic acids is 1. The molecule has 0 fully saturated rings. The number of amides is 1. The third-order valence-electron chi connectivity index (χ3n) is 5.14. The molecule has 1 amide bonds. The summed E-state index contributed by atoms with van der Waals surface area (Å²) in [5.41, 5.74) is 1.08. The van der Waals surface area contributed by atoms with Crippen molar-refractivity contribution >= 4 is 11.9 Å². The fourth-order valence-electron chi connectivity index (χ4n) is 3.84. The topological polar surface area (TPSA) is 106 Å². The van der Waals surface area contributed by atoms with E-state index in [4.69, 9.17) is 14.2 Å². The number of carboxylic acid groups (broad SMARTS) is 1. The maximum atomic E-state index is 13.2. The number of aromatic hydroxyl groups is 1. The van der Waals surface area contributed by atoms with Crippen molar-refractivity contribution in [2.75, 3.05) is 27.4 Å². The van der Waals surface area contributed by atoms with Gasteiger partial charge in [0.15, 0.2) is 23.0 Å². The first-order chi connectivity index (χ1) is 14.3. The Balaban J connectivity index is 2.20. The molecule has 3 rings (SSSR count). The molecule has 0 spiro atoms. The summed E-state index contributed by atoms with van der Waals surface area (Å²) in [6.45, 7) is 4.36. The number of rotatable bonds is 7. The molecular formula is C22H25NO7. The van der Waals surface area contributed by atoms with Crippen LogP contribution in [0.2, 0.25) is 0 Å². The highest BCUT2D eigenvalue weighted by molar-refractivity contribution is 6.01. The minimum Gasteiger partial charge on any atom is -0.504 e. The summed E-state index contributed by atoms with van der Waals surface area (Å²) in [6, 6.07) is 6.90. The standard InChI is InChI=1S/C22H25NO7/c1-5-29-17-10-13-14(11-18(17)30-6-2)21(25)23(3)20(19(13)22(26)27)12-7-8-16(28-4)15(24)9-12/h7-11,19-20,24H,5-6H2,1-4H3,(H,26,27)/t19-,20-/m1/s1. The zero-order valence-corrected chi connectivity index (χ0v) is 17.3. The Morgan fingerprint density at radius 1 is 1.07 bits per heavy atom. The van der Waals surface area contributed by atoms with Gasteiger partial charge in [-0.15, -0.1) is 0 Å². The molecule has 0 radical (unpaired) electrons. The van der Waals surface area contributed by atoms with Gasteiger partial charge < -0.3 is 29.3 Å². The lowest BCUT2D eigenvalue weighted by molar-refractivity contribution is -0.140. The fourth-order valence-corrected chi connectivity index (χ4v) is 3.84. The number of aliphatic carboxylic acids is 1. The highest BCUT2D eigenvalue weighted by Crippen LogP contribution is 2.46. The number of phenolic OH excluding ortho intramolecular Hbond substituents is 1. The summed E-state index contributed by atoms with van der Waals surface area (Å²) >= 11 is 0. The number of carbonyl (C=O) groups excluding carboxylic acids is 1. The number of phenols is 1. The van der Waals surface area contributed by atoms with E-state index in [-0.39, 0.29) is 23.0 Å². The number of nitrogens with zero attached hydrogens (tertiary/aromatic N) is 1. The molecule has 1 aliphatic rings. The van der Waals surface area contributed by atoms with E-state index < -0.39 is 17.9 Å². The summed E-state index contributed by atoms with van der Waals surface area (Å²) in [4.78, 5) is 26.9. The van der Waals surface area contributed by atoms with Gasteiger partial charge in [0.05, 0.1) is 26.4 Å². The second-order valence-corrected chi connectivity index (χ2v) is 6.86. The van der Waals surface area contributed by atoms with Gasteiger partial charge in [0.1, 0.15) is 5.92 Å². The van der Waals surface area contributed by atoms with Gasteiger partial charge in [0.2, 0.25) is 0 Å². The molecule has 2 aromatic carbocycles. The lowest BCUT2D eigenvalue weighted by Gasteiger charge is -2.39. The third kappa shape index (κ3) is 3.60. The highest BCUT2D eigenvalue weighted by Gasteiger charge is 2.44. The minimum atomic E-state index is -1.09. The van der Waals surface area contributed by atoms with E-state index >= 15 is 0 Å². The SMILES string of the molecule is CCOc1cc2c(cc1OCC)[C@@H](C(=O)O)[C@@H](c1ccc(OC)c(O)c1)N(C)C2=O. The van der Waals surface area contributed by atoms with E-state index in [0.29, 0.717) is 35.8 Å². The van der Waals surface area contributed by atoms with Crippen LogP contribution in [0.25, 0.3) is 0 Å². The molecule has 2 N–H and O–H groups in total. The second-order valence-electron chi connectivity index (χ2n) is 6.86. The normalized spacial score (nSPS) is 18.0. The van der Waals surface area contributed by atoms with E-state index in [1.165, 1.54) is 18.1 Å². The lowest BCUT2D eigenvalue weighted by Crippen LogP contribution is -2.42. The van der Waals surface area contributed by atoms with Crippen LogP contribution in [-0.4, -0.2) is 54.4 Å². The Morgan fingerprint density at radius 3 is 2.23 bits per heavy atom. The van der Waals surface area contributed by atoms with Crippen molar-refractivity contribution in [1.29, 1.82) is 0 Å². The van der Waals surface area contributed by atoms with Crippen LogP contribution < -0.4 is 14.2 Å². The third-order valence-corrected chi connectivity index (χ3v) is 5.14. The highest BCUT2D eigenvalue weighted by atomic mass is 16.5. The zero-order valence-electron chi connectivity index (χ0n) is 17.3. The number of hydrogen-bond acceptors (Lipinski definition) is 6. The number of benzene rings is 2. The molecule has 0 saturated heterocycles. The summed E-state index contributed by atoms with van der Waals surface area (Å²) in [6.07, 6.45) is 0. The molecular weight excluding hydrogens is 390 g/mol. The van der Waals surface area contributed by atoms with Crippen molar-refractivity contribution in [2.24, 2.45) is 0 Å². The summed E-state index contributed by atoms with van der Waals surface area (Å²) in [7, 11) is 2.97. The van der Waals surface area contributed by atoms with Gasteiger partial charge in [-0.05, 0) is 49.2 Å². The van der Waals surface area contributed by atoms with Crippen LogP contribution in [0.5, 0.6) is 23.0 Å². The molecule has 1 aliphatic heterocycles. The Hall–Kier alpha value is -3.42. The molecule has 8 heteroatoms. The van der Waals surface area contributed by atoms with Crippen LogP contribution in [0, 0.1) is 0 Å². The lowest BCUT2D eigenvalue weighted by atomic mass is 9.79. The maximum absolute atomic E-state index is 13.2. The van der Waals surface area contributed by atoms with Gasteiger partial charge in [0, 0.05) is 12.6 Å². The van der Waals surface area contributed by atoms with Crippen molar-refractivity contribution in [3.05, 3.63) is 47.0 Å². The summed E-state index contributed by atoms with van der Waals surface area (Å²) in [5, 5.41) is 20.3. The van der Waals surface area contributed by atoms with Gasteiger partial charge in [-0.25, -0.2) is 0 Å². The summed E-state index contributed by atoms with van der Waals surface area (Å²) < 4.78 is 16.3. The van der Waals surface area contributed by atoms with Crippen molar-refractivity contribution in [2.45, 2.75) is 25.8 Å². The Labute approximate surface area is 174 Å². The van der Waals surface area contributed by atoms with E-state index in [2.05, 4.69) is 0 Å². The van der Waals surface area contributed by atoms with Gasteiger partial charge >= 0.3 is 5.97 Å². The number of likely N-dealkylation sites (N-methyl/N-ethyl adjacent to an activating group) is 1. The van der Waals surface area contributed by atoms with Crippen molar-refractivity contribution in [3.63, 3.8) is 0 Å². The molecule has 2 aromatic rings. The smallest absolute Gasteiger partial charge is 0.313 e. The number of fused-ring (bicyclic) bond motifs is 1. The molecule has 0 bridgehead atoms. The van der Waals surface area contributed by atoms with Gasteiger partial charge in [-0.3, -0.25) is 9.59 Å². The fraction of sp³-hybridized carbons (Fsp3) is 0.364. The number of methoxy groups -OCH3 is 1. The average Bonchev–Trinajstić information content (AvgIpc) is 2.71. The molecule has 8 nitrogen and oxygen atoms in total. The van der Waals surface area contributed by atoms with Gasteiger partial charge in [-0.1, -0.05) is 6.07 Å². The van der Waals surface area contributed by atoms with E-state index in [1.807, 2.05) is 13.8 Å². The molecule has 2 atom stereocenters. The average molecular weight is 415 g/mol. The van der Waals surface area contributed by atoms with Crippen LogP contribution >= 0.6 is 0 Å². The second kappa shape index (κ2) is 8.52. The van der Waals surface area contributed by atoms with Crippen molar-refractivity contribution in [1.82, 2.24) is 4.90 Å². The molecule has 0 aromatic heterocycles. The molecule has 160 valence electrons. The predicted molar refractivity (Wildman–Crippen MR) is 109 cm³/mol. The van der Waals surface area contributed by atoms with Crippen LogP contribution in [0.3, 0.4) is 0 Å². The predicted octanol–water partition coefficient (Wildman–Crippen LogP) is 3.19. The largest absolute Gasteiger partial charge is 0.504 e. The first-order valence-electron chi connectivity index (χ1n) is 9.64. The minimum absolute atomic E-state index is 0.132. The monoisotopic (exact) mass is 415 g/mol. The van der Waals surface area contributed by atoms with Crippen LogP contribution in [0.15, 0.2) is 30.3 Å². The van der Waals surface area contributed by atoms with Crippen LogP contribution in [0.4, 0.5) is 0 Å². The van der Waals surface area contributed by atoms with Crippen molar-refractivity contribution < 1.29 is 34.0 Å². The molecule has 1 heterocycles. The zero-order chi connectivity index (χ0) is 22.0.